The fourth-order valence-electron chi connectivity index (χ4n) is 2.08. The monoisotopic (exact) mass is 279 g/mol. The van der Waals surface area contributed by atoms with Gasteiger partial charge in [0.2, 0.25) is 0 Å². The molecule has 1 aromatic heterocycles. The highest BCUT2D eigenvalue weighted by molar-refractivity contribution is 7.09. The van der Waals surface area contributed by atoms with E-state index < -0.39 is 6.04 Å². The second-order valence-corrected chi connectivity index (χ2v) is 5.76. The van der Waals surface area contributed by atoms with E-state index in [2.05, 4.69) is 16.9 Å². The number of rotatable bonds is 4. The third kappa shape index (κ3) is 2.40. The second kappa shape index (κ2) is 5.13. The number of hydrogen-bond acceptors (Lipinski definition) is 4. The Hall–Kier alpha value is -1.69. The number of nitrogens with one attached hydrogen (secondary N) is 1. The Kier molecular flexibility index (Phi) is 3.71. The summed E-state index contributed by atoms with van der Waals surface area (Å²) in [4.78, 5) is 29.9. The first-order valence-corrected chi connectivity index (χ1v) is 7.01. The normalized spacial score (nSPS) is 22.3. The number of thiazole rings is 1. The van der Waals surface area contributed by atoms with E-state index in [1.54, 1.807) is 6.08 Å². The number of hydrogen-bond donors (Lipinski definition) is 1. The van der Waals surface area contributed by atoms with Gasteiger partial charge in [-0.05, 0) is 13.8 Å². The molecule has 0 aliphatic carbocycles. The van der Waals surface area contributed by atoms with Crippen molar-refractivity contribution in [2.45, 2.75) is 32.9 Å². The highest BCUT2D eigenvalue weighted by atomic mass is 32.1. The Morgan fingerprint density at radius 3 is 2.74 bits per heavy atom. The minimum atomic E-state index is -0.521. The van der Waals surface area contributed by atoms with Gasteiger partial charge in [-0.15, -0.1) is 17.9 Å². The van der Waals surface area contributed by atoms with E-state index in [1.807, 2.05) is 26.2 Å². The Morgan fingerprint density at radius 1 is 1.53 bits per heavy atom. The van der Waals surface area contributed by atoms with E-state index in [0.717, 1.165) is 10.7 Å². The fraction of sp³-hybridized carbons (Fsp3) is 0.462. The molecule has 1 saturated heterocycles. The van der Waals surface area contributed by atoms with Crippen LogP contribution < -0.4 is 5.32 Å². The second-order valence-electron chi connectivity index (χ2n) is 4.70. The highest BCUT2D eigenvalue weighted by Crippen LogP contribution is 2.27. The van der Waals surface area contributed by atoms with Crippen molar-refractivity contribution in [1.82, 2.24) is 15.2 Å². The smallest absolute Gasteiger partial charge is 0.325 e. The van der Waals surface area contributed by atoms with Crippen LogP contribution in [-0.2, 0) is 4.79 Å². The molecular formula is C13H17N3O2S. The van der Waals surface area contributed by atoms with E-state index >= 15 is 0 Å². The molecule has 2 heterocycles. The molecule has 6 heteroatoms. The minimum absolute atomic E-state index is 0.0918. The Morgan fingerprint density at radius 2 is 2.21 bits per heavy atom. The lowest BCUT2D eigenvalue weighted by atomic mass is 10.0. The first kappa shape index (κ1) is 13.7. The van der Waals surface area contributed by atoms with E-state index in [-0.39, 0.29) is 23.9 Å². The van der Waals surface area contributed by atoms with Crippen molar-refractivity contribution in [3.8, 4) is 0 Å². The highest BCUT2D eigenvalue weighted by Gasteiger charge is 2.43. The predicted molar refractivity (Wildman–Crippen MR) is 73.8 cm³/mol. The van der Waals surface area contributed by atoms with Crippen molar-refractivity contribution < 1.29 is 9.59 Å². The summed E-state index contributed by atoms with van der Waals surface area (Å²) in [6.45, 7) is 9.23. The molecule has 19 heavy (non-hydrogen) atoms. The molecule has 1 N–H and O–H groups in total. The molecule has 102 valence electrons. The summed E-state index contributed by atoms with van der Waals surface area (Å²) in [5, 5.41) is 5.50. The molecule has 0 unspecified atom stereocenters. The van der Waals surface area contributed by atoms with Gasteiger partial charge in [0.05, 0.1) is 16.7 Å². The van der Waals surface area contributed by atoms with Crippen LogP contribution in [0.1, 0.15) is 30.6 Å². The summed E-state index contributed by atoms with van der Waals surface area (Å²) in [5.41, 5.74) is 0.748. The SMILES string of the molecule is C=C[C@H](C)[C@@H]1NC(=O)N([C@H](C)c2csc(C)n2)C1=O. The van der Waals surface area contributed by atoms with E-state index in [0.29, 0.717) is 0 Å². The van der Waals surface area contributed by atoms with Gasteiger partial charge in [0.15, 0.2) is 0 Å². The largest absolute Gasteiger partial charge is 0.325 e. The number of carbonyl (C=O) groups excluding carboxylic acids is 2. The zero-order chi connectivity index (χ0) is 14.2. The van der Waals surface area contributed by atoms with Gasteiger partial charge in [0.1, 0.15) is 6.04 Å². The van der Waals surface area contributed by atoms with Gasteiger partial charge in [-0.2, -0.15) is 0 Å². The Labute approximate surface area is 116 Å². The van der Waals surface area contributed by atoms with Crippen molar-refractivity contribution in [3.05, 3.63) is 28.7 Å². The lowest BCUT2D eigenvalue weighted by Gasteiger charge is -2.20. The summed E-state index contributed by atoms with van der Waals surface area (Å²) in [6.07, 6.45) is 1.67. The van der Waals surface area contributed by atoms with E-state index in [1.165, 1.54) is 16.2 Å². The maximum Gasteiger partial charge on any atom is 0.325 e. The van der Waals surface area contributed by atoms with Crippen LogP contribution in [0.25, 0.3) is 0 Å². The molecule has 0 aromatic carbocycles. The molecule has 0 bridgehead atoms. The first-order chi connectivity index (χ1) is 8.95. The van der Waals surface area contributed by atoms with Crippen molar-refractivity contribution in [2.75, 3.05) is 0 Å². The van der Waals surface area contributed by atoms with Crippen molar-refractivity contribution in [1.29, 1.82) is 0 Å². The molecule has 5 nitrogen and oxygen atoms in total. The van der Waals surface area contributed by atoms with Crippen LogP contribution in [0.15, 0.2) is 18.0 Å². The molecule has 1 aliphatic rings. The number of amides is 3. The van der Waals surface area contributed by atoms with Gasteiger partial charge in [0.25, 0.3) is 5.91 Å². The van der Waals surface area contributed by atoms with Gasteiger partial charge < -0.3 is 5.32 Å². The van der Waals surface area contributed by atoms with Crippen LogP contribution >= 0.6 is 11.3 Å². The zero-order valence-electron chi connectivity index (χ0n) is 11.2. The molecule has 0 saturated carbocycles. The van der Waals surface area contributed by atoms with Gasteiger partial charge in [-0.1, -0.05) is 13.0 Å². The third-order valence-electron chi connectivity index (χ3n) is 3.35. The summed E-state index contributed by atoms with van der Waals surface area (Å²) in [6, 6.07) is -1.23. The standard InChI is InChI=1S/C13H17N3O2S/c1-5-7(2)11-12(17)16(13(18)15-11)8(3)10-6-19-9(4)14-10/h5-8,11H,1H2,2-4H3,(H,15,18)/t7-,8+,11-/m0/s1. The lowest BCUT2D eigenvalue weighted by Crippen LogP contribution is -2.36. The molecular weight excluding hydrogens is 262 g/mol. The average Bonchev–Trinajstić information content (AvgIpc) is 2.92. The van der Waals surface area contributed by atoms with Gasteiger partial charge in [0, 0.05) is 11.3 Å². The molecule has 1 fully saturated rings. The fourth-order valence-corrected chi connectivity index (χ4v) is 2.78. The number of carbonyl (C=O) groups is 2. The molecule has 2 rings (SSSR count). The first-order valence-electron chi connectivity index (χ1n) is 6.14. The number of imide groups is 1. The molecule has 3 atom stereocenters. The zero-order valence-corrected chi connectivity index (χ0v) is 12.0. The summed E-state index contributed by atoms with van der Waals surface area (Å²) >= 11 is 1.51. The van der Waals surface area contributed by atoms with Gasteiger partial charge >= 0.3 is 6.03 Å². The Bertz CT molecular complexity index is 526. The van der Waals surface area contributed by atoms with Crippen LogP contribution in [-0.4, -0.2) is 27.9 Å². The number of nitrogens with zero attached hydrogens (tertiary/aromatic N) is 2. The Balaban J connectivity index is 2.23. The number of aryl methyl sites for hydroxylation is 1. The number of urea groups is 1. The van der Waals surface area contributed by atoms with Crippen molar-refractivity contribution >= 4 is 23.3 Å². The van der Waals surface area contributed by atoms with Crippen molar-refractivity contribution in [3.63, 3.8) is 0 Å². The van der Waals surface area contributed by atoms with Crippen molar-refractivity contribution in [2.24, 2.45) is 5.92 Å². The van der Waals surface area contributed by atoms with Crippen LogP contribution in [0.4, 0.5) is 4.79 Å². The van der Waals surface area contributed by atoms with Crippen LogP contribution in [0.3, 0.4) is 0 Å². The van der Waals surface area contributed by atoms with E-state index in [9.17, 15) is 9.59 Å². The maximum atomic E-state index is 12.3. The topological polar surface area (TPSA) is 62.3 Å². The maximum absolute atomic E-state index is 12.3. The quantitative estimate of drug-likeness (QED) is 0.679. The van der Waals surface area contributed by atoms with Crippen LogP contribution in [0.5, 0.6) is 0 Å². The average molecular weight is 279 g/mol. The minimum Gasteiger partial charge on any atom is -0.325 e. The van der Waals surface area contributed by atoms with Gasteiger partial charge in [-0.25, -0.2) is 9.78 Å². The molecule has 0 spiro atoms. The molecule has 1 aliphatic heterocycles. The van der Waals surface area contributed by atoms with Crippen LogP contribution in [0, 0.1) is 12.8 Å². The third-order valence-corrected chi connectivity index (χ3v) is 4.14. The predicted octanol–water partition coefficient (Wildman–Crippen LogP) is 2.26. The van der Waals surface area contributed by atoms with E-state index in [4.69, 9.17) is 0 Å². The van der Waals surface area contributed by atoms with Gasteiger partial charge in [-0.3, -0.25) is 9.69 Å². The summed E-state index contributed by atoms with van der Waals surface area (Å²) in [5.74, 6) is -0.304. The van der Waals surface area contributed by atoms with Crippen LogP contribution in [0.2, 0.25) is 0 Å². The molecule has 0 radical (unpaired) electrons. The summed E-state index contributed by atoms with van der Waals surface area (Å²) in [7, 11) is 0. The number of aromatic nitrogens is 1. The summed E-state index contributed by atoms with van der Waals surface area (Å²) < 4.78 is 0. The molecule has 3 amide bonds. The lowest BCUT2D eigenvalue weighted by molar-refractivity contribution is -0.129. The molecule has 1 aromatic rings.